The number of carboxylic acid groups (broad SMARTS) is 1. The number of nitrogens with one attached hydrogen (secondary N) is 2. The monoisotopic (exact) mass is 310 g/mol. The van der Waals surface area contributed by atoms with Crippen LogP contribution in [-0.4, -0.2) is 42.3 Å². The van der Waals surface area contributed by atoms with Gasteiger partial charge in [-0.25, -0.2) is 9.59 Å². The molecule has 1 aromatic carbocycles. The summed E-state index contributed by atoms with van der Waals surface area (Å²) < 4.78 is 4.99. The van der Waals surface area contributed by atoms with Crippen LogP contribution >= 0.6 is 11.8 Å². The molecule has 0 aliphatic carbocycles. The maximum Gasteiger partial charge on any atom is 0.339 e. The summed E-state index contributed by atoms with van der Waals surface area (Å²) in [6, 6.07) is 4.02. The molecule has 114 valence electrons. The minimum atomic E-state index is -1.08. The van der Waals surface area contributed by atoms with Gasteiger partial charge in [0.15, 0.2) is 0 Å². The highest BCUT2D eigenvalue weighted by atomic mass is 32.2. The van der Waals surface area contributed by atoms with E-state index in [0.717, 1.165) is 11.5 Å². The number of anilines is 1. The highest BCUT2D eigenvalue weighted by Crippen LogP contribution is 2.23. The van der Waals surface area contributed by atoms with E-state index < -0.39 is 5.97 Å². The average Bonchev–Trinajstić information content (AvgIpc) is 2.46. The minimum Gasteiger partial charge on any atom is -0.496 e. The fourth-order valence-electron chi connectivity index (χ4n) is 1.52. The van der Waals surface area contributed by atoms with Gasteiger partial charge in [-0.3, -0.25) is 0 Å². The van der Waals surface area contributed by atoms with Crippen molar-refractivity contribution in [3.63, 3.8) is 0 Å². The van der Waals surface area contributed by atoms with Crippen LogP contribution in [0.25, 0.3) is 0 Å². The number of methoxy groups -OCH3 is 1. The van der Waals surface area contributed by atoms with Gasteiger partial charge >= 0.3 is 12.0 Å². The van der Waals surface area contributed by atoms with E-state index in [9.17, 15) is 9.59 Å². The molecule has 0 bridgehead atoms. The molecule has 7 heteroatoms. The zero-order chi connectivity index (χ0) is 15.7. The van der Waals surface area contributed by atoms with Gasteiger partial charge < -0.3 is 20.5 Å². The molecule has 0 spiro atoms. The Hall–Kier alpha value is -2.15. The Morgan fingerprint density at radius 3 is 2.86 bits per heavy atom. The van der Waals surface area contributed by atoms with Crippen LogP contribution in [0.15, 0.2) is 30.9 Å². The quantitative estimate of drug-likeness (QED) is 0.507. The molecule has 3 N–H and O–H groups in total. The van der Waals surface area contributed by atoms with Crippen molar-refractivity contribution in [2.75, 3.05) is 30.5 Å². The largest absolute Gasteiger partial charge is 0.496 e. The number of carbonyl (C=O) groups is 2. The van der Waals surface area contributed by atoms with Crippen molar-refractivity contribution in [2.24, 2.45) is 0 Å². The van der Waals surface area contributed by atoms with Crippen LogP contribution in [0, 0.1) is 0 Å². The number of rotatable bonds is 8. The number of carbonyl (C=O) groups excluding carboxylic acids is 1. The van der Waals surface area contributed by atoms with Gasteiger partial charge in [0.05, 0.1) is 7.11 Å². The summed E-state index contributed by atoms with van der Waals surface area (Å²) in [4.78, 5) is 22.6. The van der Waals surface area contributed by atoms with Gasteiger partial charge in [-0.15, -0.1) is 6.58 Å². The second-order valence-electron chi connectivity index (χ2n) is 3.96. The molecule has 0 saturated carbocycles. The number of hydrogen-bond acceptors (Lipinski definition) is 4. The summed E-state index contributed by atoms with van der Waals surface area (Å²) in [6.07, 6.45) is 1.81. The third kappa shape index (κ3) is 5.78. The summed E-state index contributed by atoms with van der Waals surface area (Å²) in [5.74, 6) is 0.752. The van der Waals surface area contributed by atoms with E-state index in [1.165, 1.54) is 25.3 Å². The Morgan fingerprint density at radius 2 is 2.24 bits per heavy atom. The minimum absolute atomic E-state index is 0.0456. The van der Waals surface area contributed by atoms with Crippen molar-refractivity contribution in [1.82, 2.24) is 5.32 Å². The zero-order valence-corrected chi connectivity index (χ0v) is 12.5. The van der Waals surface area contributed by atoms with Crippen molar-refractivity contribution in [1.29, 1.82) is 0 Å². The summed E-state index contributed by atoms with van der Waals surface area (Å²) in [5.41, 5.74) is 0.511. The molecule has 21 heavy (non-hydrogen) atoms. The zero-order valence-electron chi connectivity index (χ0n) is 11.7. The molecule has 0 aromatic heterocycles. The third-order valence-corrected chi connectivity index (χ3v) is 3.42. The van der Waals surface area contributed by atoms with Crippen LogP contribution in [0.1, 0.15) is 10.4 Å². The molecule has 0 unspecified atom stereocenters. The van der Waals surface area contributed by atoms with E-state index in [2.05, 4.69) is 17.2 Å². The standard InChI is InChI=1S/C14H18N2O4S/c1-3-7-21-8-6-15-14(19)16-10-4-5-11(13(17)18)12(9-10)20-2/h3-5,9H,1,6-8H2,2H3,(H,17,18)(H2,15,16,19). The van der Waals surface area contributed by atoms with Crippen LogP contribution in [0.4, 0.5) is 10.5 Å². The molecule has 1 aromatic rings. The number of hydrogen-bond donors (Lipinski definition) is 3. The van der Waals surface area contributed by atoms with Crippen LogP contribution < -0.4 is 15.4 Å². The molecular formula is C14H18N2O4S. The molecule has 6 nitrogen and oxygen atoms in total. The van der Waals surface area contributed by atoms with E-state index in [1.807, 2.05) is 0 Å². The van der Waals surface area contributed by atoms with Crippen LogP contribution in [0.3, 0.4) is 0 Å². The first-order valence-electron chi connectivity index (χ1n) is 6.23. The van der Waals surface area contributed by atoms with Crippen LogP contribution in [0.2, 0.25) is 0 Å². The molecule has 0 fully saturated rings. The number of aromatic carboxylic acids is 1. The molecule has 0 heterocycles. The fraction of sp³-hybridized carbons (Fsp3) is 0.286. The van der Waals surface area contributed by atoms with Crippen LogP contribution in [-0.2, 0) is 0 Å². The molecular weight excluding hydrogens is 292 g/mol. The van der Waals surface area contributed by atoms with Crippen LogP contribution in [0.5, 0.6) is 5.75 Å². The predicted molar refractivity (Wildman–Crippen MR) is 84.5 cm³/mol. The highest BCUT2D eigenvalue weighted by Gasteiger charge is 2.12. The lowest BCUT2D eigenvalue weighted by Gasteiger charge is -2.10. The maximum atomic E-state index is 11.7. The molecule has 0 aliphatic heterocycles. The lowest BCUT2D eigenvalue weighted by atomic mass is 10.2. The van der Waals surface area contributed by atoms with E-state index in [-0.39, 0.29) is 17.3 Å². The van der Waals surface area contributed by atoms with E-state index in [1.54, 1.807) is 17.8 Å². The Morgan fingerprint density at radius 1 is 1.48 bits per heavy atom. The predicted octanol–water partition coefficient (Wildman–Crippen LogP) is 2.43. The molecule has 0 atom stereocenters. The smallest absolute Gasteiger partial charge is 0.339 e. The summed E-state index contributed by atoms with van der Waals surface area (Å²) in [7, 11) is 1.38. The topological polar surface area (TPSA) is 87.7 Å². The first-order valence-corrected chi connectivity index (χ1v) is 7.38. The van der Waals surface area contributed by atoms with Crippen molar-refractivity contribution in [3.05, 3.63) is 36.4 Å². The van der Waals surface area contributed by atoms with Gasteiger partial charge in [0.1, 0.15) is 11.3 Å². The number of thioether (sulfide) groups is 1. The Labute approximate surface area is 127 Å². The number of urea groups is 1. The lowest BCUT2D eigenvalue weighted by Crippen LogP contribution is -2.30. The van der Waals surface area contributed by atoms with Gasteiger partial charge in [0.2, 0.25) is 0 Å². The van der Waals surface area contributed by atoms with Crippen molar-refractivity contribution < 1.29 is 19.4 Å². The molecule has 1 rings (SSSR count). The van der Waals surface area contributed by atoms with Gasteiger partial charge in [0.25, 0.3) is 0 Å². The van der Waals surface area contributed by atoms with Crippen molar-refractivity contribution >= 4 is 29.4 Å². The Kier molecular flexibility index (Phi) is 7.17. The van der Waals surface area contributed by atoms with E-state index >= 15 is 0 Å². The molecule has 2 amide bonds. The number of amides is 2. The SMILES string of the molecule is C=CCSCCNC(=O)Nc1ccc(C(=O)O)c(OC)c1. The highest BCUT2D eigenvalue weighted by molar-refractivity contribution is 7.99. The number of benzene rings is 1. The summed E-state index contributed by atoms with van der Waals surface area (Å²) in [5, 5.41) is 14.3. The summed E-state index contributed by atoms with van der Waals surface area (Å²) >= 11 is 1.67. The molecule has 0 saturated heterocycles. The molecule has 0 aliphatic rings. The van der Waals surface area contributed by atoms with Gasteiger partial charge in [-0.2, -0.15) is 11.8 Å². The second-order valence-corrected chi connectivity index (χ2v) is 5.11. The normalized spacial score (nSPS) is 9.76. The van der Waals surface area contributed by atoms with Crippen molar-refractivity contribution in [3.8, 4) is 5.75 Å². The average molecular weight is 310 g/mol. The van der Waals surface area contributed by atoms with Crippen molar-refractivity contribution in [2.45, 2.75) is 0 Å². The second kappa shape index (κ2) is 8.91. The van der Waals surface area contributed by atoms with Gasteiger partial charge in [-0.1, -0.05) is 6.08 Å². The number of carboxylic acids is 1. The molecule has 0 radical (unpaired) electrons. The lowest BCUT2D eigenvalue weighted by molar-refractivity contribution is 0.0693. The first-order chi connectivity index (χ1) is 10.1. The summed E-state index contributed by atoms with van der Waals surface area (Å²) in [6.45, 7) is 4.15. The Balaban J connectivity index is 2.52. The van der Waals surface area contributed by atoms with E-state index in [0.29, 0.717) is 12.2 Å². The maximum absolute atomic E-state index is 11.7. The van der Waals surface area contributed by atoms with Gasteiger partial charge in [-0.05, 0) is 12.1 Å². The first kappa shape index (κ1) is 16.9. The van der Waals surface area contributed by atoms with Gasteiger partial charge in [0, 0.05) is 29.8 Å². The number of ether oxygens (including phenoxy) is 1. The van der Waals surface area contributed by atoms with E-state index in [4.69, 9.17) is 9.84 Å². The Bertz CT molecular complexity index is 520. The fourth-order valence-corrected chi connectivity index (χ4v) is 2.10. The third-order valence-electron chi connectivity index (χ3n) is 2.46.